The van der Waals surface area contributed by atoms with Gasteiger partial charge in [-0.1, -0.05) is 10.3 Å². The van der Waals surface area contributed by atoms with Gasteiger partial charge in [0.1, 0.15) is 0 Å². The summed E-state index contributed by atoms with van der Waals surface area (Å²) in [5.74, 6) is 0.766. The summed E-state index contributed by atoms with van der Waals surface area (Å²) < 4.78 is 8.13. The predicted molar refractivity (Wildman–Crippen MR) is 99.3 cm³/mol. The number of carbonyl (C=O) groups excluding carboxylic acids is 1. The van der Waals surface area contributed by atoms with Gasteiger partial charge in [-0.15, -0.1) is 0 Å². The molecule has 1 aliphatic rings. The zero-order valence-electron chi connectivity index (χ0n) is 13.4. The number of H-pyrrole nitrogens is 1. The zero-order chi connectivity index (χ0) is 17.8. The van der Waals surface area contributed by atoms with Crippen LogP contribution in [0.2, 0.25) is 0 Å². The normalized spacial score (nSPS) is 20.5. The number of rotatable bonds is 5. The minimum atomic E-state index is -0.229. The number of tetrazole rings is 1. The van der Waals surface area contributed by atoms with Crippen molar-refractivity contribution in [3.05, 3.63) is 29.0 Å². The van der Waals surface area contributed by atoms with Gasteiger partial charge >= 0.3 is 140 Å². The van der Waals surface area contributed by atoms with Crippen LogP contribution >= 0.6 is 24.0 Å². The summed E-state index contributed by atoms with van der Waals surface area (Å²) in [5, 5.41) is 13.4. The van der Waals surface area contributed by atoms with Crippen LogP contribution in [0, 0.1) is 4.77 Å². The van der Waals surface area contributed by atoms with E-state index < -0.39 is 0 Å². The number of nitrogens with one attached hydrogen (secondary N) is 2. The summed E-state index contributed by atoms with van der Waals surface area (Å²) in [6.45, 7) is 2.52. The molecule has 1 fully saturated rings. The van der Waals surface area contributed by atoms with Crippen molar-refractivity contribution in [2.45, 2.75) is 17.3 Å². The number of hydrogen-bond acceptors (Lipinski definition) is 7. The van der Waals surface area contributed by atoms with E-state index in [0.29, 0.717) is 22.2 Å². The number of hydrogen-bond donors (Lipinski definition) is 2. The third-order valence-corrected chi connectivity index (χ3v) is 6.08. The number of thioether (sulfide) groups is 1. The molecule has 2 aromatic rings. The summed E-state index contributed by atoms with van der Waals surface area (Å²) in [4.78, 5) is 13.5. The van der Waals surface area contributed by atoms with Crippen LogP contribution in [-0.2, 0) is 9.53 Å². The summed E-state index contributed by atoms with van der Waals surface area (Å²) in [7, 11) is 0. The molecule has 11 heteroatoms. The van der Waals surface area contributed by atoms with Gasteiger partial charge in [-0.05, 0) is 12.2 Å². The maximum absolute atomic E-state index is 11.8. The van der Waals surface area contributed by atoms with Crippen molar-refractivity contribution in [1.82, 2.24) is 25.1 Å². The second kappa shape index (κ2) is 8.33. The van der Waals surface area contributed by atoms with E-state index in [-0.39, 0.29) is 12.1 Å². The van der Waals surface area contributed by atoms with Crippen LogP contribution in [0.15, 0.2) is 24.3 Å². The number of carbonyl (C=O) groups is 1. The molecule has 1 aromatic heterocycles. The SMILES string of the molecule is CC(=O)N1CC([Se])SCC1OCNc1cccc(-n2[nH]nnc2=S)c1. The van der Waals surface area contributed by atoms with Crippen molar-refractivity contribution < 1.29 is 9.53 Å². The molecule has 0 saturated carbocycles. The molecule has 1 radical (unpaired) electrons. The molecule has 0 bridgehead atoms. The molecule has 25 heavy (non-hydrogen) atoms. The summed E-state index contributed by atoms with van der Waals surface area (Å²) in [6, 6.07) is 7.63. The Labute approximate surface area is 162 Å². The molecule has 1 saturated heterocycles. The van der Waals surface area contributed by atoms with Gasteiger partial charge in [0.2, 0.25) is 0 Å². The Bertz CT molecular complexity index is 797. The van der Waals surface area contributed by atoms with Gasteiger partial charge in [0, 0.05) is 0 Å². The van der Waals surface area contributed by atoms with Gasteiger partial charge in [-0.2, -0.15) is 0 Å². The number of amides is 1. The van der Waals surface area contributed by atoms with E-state index in [1.54, 1.807) is 28.3 Å². The molecule has 0 aliphatic carbocycles. The number of nitrogens with zero attached hydrogens (tertiary/aromatic N) is 4. The van der Waals surface area contributed by atoms with Crippen molar-refractivity contribution in [3.63, 3.8) is 0 Å². The van der Waals surface area contributed by atoms with E-state index in [0.717, 1.165) is 17.1 Å². The van der Waals surface area contributed by atoms with Crippen LogP contribution in [0.3, 0.4) is 0 Å². The van der Waals surface area contributed by atoms with Gasteiger partial charge in [-0.3, -0.25) is 0 Å². The maximum atomic E-state index is 11.8. The number of ether oxygens (including phenoxy) is 1. The first-order chi connectivity index (χ1) is 12.0. The number of aromatic nitrogens is 4. The van der Waals surface area contributed by atoms with E-state index in [1.165, 1.54) is 0 Å². The molecule has 3 rings (SSSR count). The Morgan fingerprint density at radius 3 is 3.16 bits per heavy atom. The Hall–Kier alpha value is -1.39. The summed E-state index contributed by atoms with van der Waals surface area (Å²) in [5.41, 5.74) is 1.69. The molecule has 8 nitrogen and oxygen atoms in total. The fourth-order valence-electron chi connectivity index (χ4n) is 2.42. The topological polar surface area (TPSA) is 88.1 Å². The third kappa shape index (κ3) is 4.62. The fourth-order valence-corrected chi connectivity index (χ4v) is 4.36. The van der Waals surface area contributed by atoms with Crippen LogP contribution in [0.4, 0.5) is 5.69 Å². The van der Waals surface area contributed by atoms with Gasteiger partial charge in [0.05, 0.1) is 0 Å². The Kier molecular flexibility index (Phi) is 6.13. The average molecular weight is 444 g/mol. The van der Waals surface area contributed by atoms with Crippen LogP contribution < -0.4 is 5.32 Å². The molecule has 2 unspecified atom stereocenters. The van der Waals surface area contributed by atoms with Gasteiger partial charge in [-0.25, -0.2) is 0 Å². The molecule has 1 aromatic carbocycles. The molecule has 0 spiro atoms. The Balaban J connectivity index is 1.60. The van der Waals surface area contributed by atoms with Crippen LogP contribution in [0.25, 0.3) is 5.69 Å². The number of anilines is 1. The first-order valence-corrected chi connectivity index (χ1v) is 10.00. The third-order valence-electron chi connectivity index (χ3n) is 3.65. The number of aromatic amines is 1. The molecular weight excluding hydrogens is 427 g/mol. The van der Waals surface area contributed by atoms with Crippen molar-refractivity contribution in [2.75, 3.05) is 24.3 Å². The van der Waals surface area contributed by atoms with E-state index >= 15 is 0 Å². The molecule has 2 N–H and O–H groups in total. The molecule has 133 valence electrons. The zero-order valence-corrected chi connectivity index (χ0v) is 16.8. The van der Waals surface area contributed by atoms with E-state index in [2.05, 4.69) is 36.9 Å². The van der Waals surface area contributed by atoms with Gasteiger partial charge in [0.25, 0.3) is 0 Å². The molecular formula is C14H17N6O2S2Se. The van der Waals surface area contributed by atoms with Crippen LogP contribution in [0.1, 0.15) is 6.92 Å². The number of benzene rings is 1. The summed E-state index contributed by atoms with van der Waals surface area (Å²) >= 11 is 9.93. The first-order valence-electron chi connectivity index (χ1n) is 7.55. The van der Waals surface area contributed by atoms with Crippen molar-refractivity contribution in [3.8, 4) is 5.69 Å². The predicted octanol–water partition coefficient (Wildman–Crippen LogP) is 1.13. The fraction of sp³-hybridized carbons (Fsp3) is 0.429. The summed E-state index contributed by atoms with van der Waals surface area (Å²) in [6.07, 6.45) is -0.229. The van der Waals surface area contributed by atoms with Crippen molar-refractivity contribution in [1.29, 1.82) is 0 Å². The van der Waals surface area contributed by atoms with Crippen LogP contribution in [-0.4, -0.2) is 76.4 Å². The Morgan fingerprint density at radius 1 is 1.60 bits per heavy atom. The minimum absolute atomic E-state index is 0.0219. The molecule has 2 heterocycles. The van der Waals surface area contributed by atoms with E-state index in [9.17, 15) is 4.79 Å². The second-order valence-electron chi connectivity index (χ2n) is 5.35. The second-order valence-corrected chi connectivity index (χ2v) is 8.81. The van der Waals surface area contributed by atoms with Crippen molar-refractivity contribution in [2.24, 2.45) is 0 Å². The Morgan fingerprint density at radius 2 is 2.44 bits per heavy atom. The standard InChI is InChI=1S/C14H17N6O2S2Se/c1-9(21)19-6-13(25)24-7-12(19)22-8-15-10-3-2-4-11(5-10)20-14(23)16-17-18-20/h2-5,12-13,15H,6-8H2,1H3,(H,16,18,23). The van der Waals surface area contributed by atoms with Crippen LogP contribution in [0.5, 0.6) is 0 Å². The van der Waals surface area contributed by atoms with Gasteiger partial charge < -0.3 is 0 Å². The first kappa shape index (κ1) is 18.4. The monoisotopic (exact) mass is 445 g/mol. The van der Waals surface area contributed by atoms with E-state index in [1.807, 2.05) is 24.3 Å². The molecule has 1 amide bonds. The van der Waals surface area contributed by atoms with Gasteiger partial charge in [0.15, 0.2) is 0 Å². The average Bonchev–Trinajstić information content (AvgIpc) is 3.02. The van der Waals surface area contributed by atoms with E-state index in [4.69, 9.17) is 17.0 Å². The van der Waals surface area contributed by atoms with Crippen molar-refractivity contribution >= 4 is 51.6 Å². The quantitative estimate of drug-likeness (QED) is 0.406. The molecule has 2 atom stereocenters. The molecule has 1 aliphatic heterocycles.